The number of aliphatic hydroxyl groups excluding tert-OH is 1. The van der Waals surface area contributed by atoms with Crippen LogP contribution in [0.2, 0.25) is 0 Å². The Labute approximate surface area is 184 Å². The van der Waals surface area contributed by atoms with E-state index in [1.165, 1.54) is 18.2 Å². The van der Waals surface area contributed by atoms with Gasteiger partial charge in [-0.25, -0.2) is 0 Å². The number of nitrogens with zero attached hydrogens (tertiary/aromatic N) is 1. The van der Waals surface area contributed by atoms with Gasteiger partial charge in [-0.05, 0) is 63.2 Å². The first-order valence-corrected chi connectivity index (χ1v) is 10.5. The number of β-amino-alcohol motifs (C(OH)–C–C–N with tert-alkyl or cyclic N) is 1. The molecule has 0 spiro atoms. The second kappa shape index (κ2) is 11.1. The Morgan fingerprint density at radius 2 is 1.71 bits per heavy atom. The van der Waals surface area contributed by atoms with Crippen molar-refractivity contribution in [3.8, 4) is 11.5 Å². The predicted molar refractivity (Wildman–Crippen MR) is 122 cm³/mol. The molecule has 0 heterocycles. The number of hydrogen-bond acceptors (Lipinski definition) is 6. The lowest BCUT2D eigenvalue weighted by molar-refractivity contribution is -0.120. The lowest BCUT2D eigenvalue weighted by Gasteiger charge is -2.28. The van der Waals surface area contributed by atoms with Gasteiger partial charge in [-0.15, -0.1) is 0 Å². The summed E-state index contributed by atoms with van der Waals surface area (Å²) in [6.45, 7) is 5.78. The van der Waals surface area contributed by atoms with Crippen LogP contribution in [0.5, 0.6) is 11.5 Å². The second-order valence-corrected chi connectivity index (χ2v) is 8.89. The van der Waals surface area contributed by atoms with Gasteiger partial charge in [-0.3, -0.25) is 4.79 Å². The fourth-order valence-electron chi connectivity index (χ4n) is 3.39. The van der Waals surface area contributed by atoms with Crippen LogP contribution in [0.3, 0.4) is 0 Å². The number of phenolic OH excluding ortho intramolecular Hbond substituents is 2. The number of amides is 1. The van der Waals surface area contributed by atoms with Gasteiger partial charge in [0.15, 0.2) is 0 Å². The van der Waals surface area contributed by atoms with E-state index in [9.17, 15) is 20.1 Å². The zero-order valence-corrected chi connectivity index (χ0v) is 18.9. The number of rotatable bonds is 11. The van der Waals surface area contributed by atoms with Gasteiger partial charge in [0.25, 0.3) is 0 Å². The highest BCUT2D eigenvalue weighted by atomic mass is 16.3. The minimum Gasteiger partial charge on any atom is -0.508 e. The summed E-state index contributed by atoms with van der Waals surface area (Å²) in [5, 5.41) is 35.9. The summed E-state index contributed by atoms with van der Waals surface area (Å²) in [6, 6.07) is 12.1. The van der Waals surface area contributed by atoms with Crippen LogP contribution in [-0.2, 0) is 17.6 Å². The normalized spacial score (nSPS) is 12.7. The Morgan fingerprint density at radius 1 is 1.06 bits per heavy atom. The minimum absolute atomic E-state index is 0.00822. The Hall–Kier alpha value is -2.61. The summed E-state index contributed by atoms with van der Waals surface area (Å²) in [6.07, 6.45) is 0.185. The monoisotopic (exact) mass is 429 g/mol. The highest BCUT2D eigenvalue weighted by Gasteiger charge is 2.20. The number of nitrogens with one attached hydrogen (secondary N) is 2. The van der Waals surface area contributed by atoms with Crippen LogP contribution in [0.4, 0.5) is 0 Å². The average Bonchev–Trinajstić information content (AvgIpc) is 2.65. The van der Waals surface area contributed by atoms with E-state index in [-0.39, 0.29) is 29.5 Å². The molecule has 0 saturated carbocycles. The van der Waals surface area contributed by atoms with Gasteiger partial charge in [0.2, 0.25) is 5.91 Å². The maximum Gasteiger partial charge on any atom is 0.224 e. The van der Waals surface area contributed by atoms with Crippen molar-refractivity contribution in [3.63, 3.8) is 0 Å². The van der Waals surface area contributed by atoms with Crippen molar-refractivity contribution in [1.82, 2.24) is 15.5 Å². The van der Waals surface area contributed by atoms with E-state index >= 15 is 0 Å². The molecule has 0 aliphatic carbocycles. The zero-order chi connectivity index (χ0) is 23.0. The Morgan fingerprint density at radius 3 is 2.35 bits per heavy atom. The third-order valence-corrected chi connectivity index (χ3v) is 4.97. The summed E-state index contributed by atoms with van der Waals surface area (Å²) in [5.74, 6) is -0.166. The number of benzene rings is 2. The molecule has 1 unspecified atom stereocenters. The van der Waals surface area contributed by atoms with Crippen molar-refractivity contribution in [2.24, 2.45) is 0 Å². The quantitative estimate of drug-likeness (QED) is 0.374. The fraction of sp³-hybridized carbons (Fsp3) is 0.458. The maximum absolute atomic E-state index is 12.1. The van der Waals surface area contributed by atoms with Crippen molar-refractivity contribution >= 4 is 5.91 Å². The van der Waals surface area contributed by atoms with Crippen molar-refractivity contribution in [2.45, 2.75) is 38.3 Å². The summed E-state index contributed by atoms with van der Waals surface area (Å²) >= 11 is 0. The molecule has 0 aliphatic heterocycles. The van der Waals surface area contributed by atoms with Crippen molar-refractivity contribution in [1.29, 1.82) is 0 Å². The molecule has 0 aromatic heterocycles. The molecule has 0 bridgehead atoms. The molecule has 0 saturated heterocycles. The third-order valence-electron chi connectivity index (χ3n) is 4.97. The van der Waals surface area contributed by atoms with Crippen LogP contribution in [-0.4, -0.2) is 65.4 Å². The molecule has 0 radical (unpaired) electrons. The standard InChI is InChI=1S/C24H35N3O4/c1-24(2,26-16-22(30)19-12-20(28)14-21(29)13-19)15-18-7-5-6-17(10-18)11-23(31)25-8-9-27(3)4/h5-7,10,12-14,22,26,28-30H,8-9,11,15-16H2,1-4H3,(H,25,31). The van der Waals surface area contributed by atoms with Gasteiger partial charge in [0.1, 0.15) is 11.5 Å². The molecule has 2 aromatic carbocycles. The molecule has 2 rings (SSSR count). The van der Waals surface area contributed by atoms with E-state index in [0.717, 1.165) is 17.7 Å². The van der Waals surface area contributed by atoms with Crippen molar-refractivity contribution < 1.29 is 20.1 Å². The van der Waals surface area contributed by atoms with Crippen LogP contribution >= 0.6 is 0 Å². The molecule has 2 aromatic rings. The molecule has 0 fully saturated rings. The van der Waals surface area contributed by atoms with Crippen LogP contribution in [0.1, 0.15) is 36.6 Å². The second-order valence-electron chi connectivity index (χ2n) is 8.89. The van der Waals surface area contributed by atoms with Crippen LogP contribution in [0, 0.1) is 0 Å². The molecule has 5 N–H and O–H groups in total. The van der Waals surface area contributed by atoms with E-state index in [1.807, 2.05) is 57.1 Å². The summed E-state index contributed by atoms with van der Waals surface area (Å²) < 4.78 is 0. The highest BCUT2D eigenvalue weighted by Crippen LogP contribution is 2.25. The Balaban J connectivity index is 1.90. The van der Waals surface area contributed by atoms with Crippen LogP contribution in [0.15, 0.2) is 42.5 Å². The van der Waals surface area contributed by atoms with E-state index < -0.39 is 6.10 Å². The summed E-state index contributed by atoms with van der Waals surface area (Å²) in [7, 11) is 3.94. The van der Waals surface area contributed by atoms with Gasteiger partial charge in [0.05, 0.1) is 12.5 Å². The van der Waals surface area contributed by atoms with Gasteiger partial charge in [-0.1, -0.05) is 24.3 Å². The van der Waals surface area contributed by atoms with Gasteiger partial charge in [0, 0.05) is 31.2 Å². The first-order chi connectivity index (χ1) is 14.5. The van der Waals surface area contributed by atoms with Crippen LogP contribution in [0.25, 0.3) is 0 Å². The number of carbonyl (C=O) groups is 1. The number of aromatic hydroxyl groups is 2. The van der Waals surface area contributed by atoms with Gasteiger partial charge < -0.3 is 30.9 Å². The third kappa shape index (κ3) is 8.96. The number of aliphatic hydroxyl groups is 1. The lowest BCUT2D eigenvalue weighted by atomic mass is 9.93. The zero-order valence-electron chi connectivity index (χ0n) is 18.9. The first-order valence-electron chi connectivity index (χ1n) is 10.5. The van der Waals surface area contributed by atoms with E-state index in [0.29, 0.717) is 24.9 Å². The van der Waals surface area contributed by atoms with E-state index in [2.05, 4.69) is 10.6 Å². The SMILES string of the molecule is CN(C)CCNC(=O)Cc1cccc(CC(C)(C)NCC(O)c2cc(O)cc(O)c2)c1. The number of likely N-dealkylation sites (N-methyl/N-ethyl adjacent to an activating group) is 1. The Bertz CT molecular complexity index is 847. The molecule has 170 valence electrons. The van der Waals surface area contributed by atoms with Gasteiger partial charge >= 0.3 is 0 Å². The first kappa shape index (κ1) is 24.7. The van der Waals surface area contributed by atoms with Crippen LogP contribution < -0.4 is 10.6 Å². The molecular weight excluding hydrogens is 394 g/mol. The number of carbonyl (C=O) groups excluding carboxylic acids is 1. The largest absolute Gasteiger partial charge is 0.508 e. The maximum atomic E-state index is 12.1. The fourth-order valence-corrected chi connectivity index (χ4v) is 3.39. The van der Waals surface area contributed by atoms with Crippen molar-refractivity contribution in [2.75, 3.05) is 33.7 Å². The minimum atomic E-state index is -0.866. The Kier molecular flexibility index (Phi) is 8.86. The van der Waals surface area contributed by atoms with E-state index in [1.54, 1.807) is 0 Å². The van der Waals surface area contributed by atoms with Gasteiger partial charge in [-0.2, -0.15) is 0 Å². The predicted octanol–water partition coefficient (Wildman–Crippen LogP) is 1.96. The lowest BCUT2D eigenvalue weighted by Crippen LogP contribution is -2.43. The molecule has 7 nitrogen and oxygen atoms in total. The molecule has 31 heavy (non-hydrogen) atoms. The smallest absolute Gasteiger partial charge is 0.224 e. The van der Waals surface area contributed by atoms with Crippen molar-refractivity contribution in [3.05, 3.63) is 59.2 Å². The molecule has 0 aliphatic rings. The summed E-state index contributed by atoms with van der Waals surface area (Å²) in [5.41, 5.74) is 2.20. The number of hydrogen-bond donors (Lipinski definition) is 5. The number of phenols is 2. The summed E-state index contributed by atoms with van der Waals surface area (Å²) in [4.78, 5) is 14.2. The average molecular weight is 430 g/mol. The van der Waals surface area contributed by atoms with E-state index in [4.69, 9.17) is 0 Å². The highest BCUT2D eigenvalue weighted by molar-refractivity contribution is 5.78. The molecule has 1 amide bonds. The molecule has 7 heteroatoms. The molecular formula is C24H35N3O4. The molecule has 1 atom stereocenters. The topological polar surface area (TPSA) is 105 Å².